The van der Waals surface area contributed by atoms with Crippen molar-refractivity contribution in [2.75, 3.05) is 45.2 Å². The summed E-state index contributed by atoms with van der Waals surface area (Å²) in [6, 6.07) is 12.8. The van der Waals surface area contributed by atoms with Crippen LogP contribution in [0.2, 0.25) is 0 Å². The zero-order chi connectivity index (χ0) is 23.0. The van der Waals surface area contributed by atoms with E-state index in [4.69, 9.17) is 4.74 Å². The van der Waals surface area contributed by atoms with Crippen LogP contribution in [-0.4, -0.2) is 55.7 Å². The topological polar surface area (TPSA) is 44.8 Å². The lowest BCUT2D eigenvalue weighted by Crippen LogP contribution is -2.48. The maximum Gasteiger partial charge on any atom is 0.416 e. The fraction of sp³-hybridized carbons (Fsp3) is 0.458. The molecule has 1 N–H and O–H groups in total. The number of amides is 2. The molecule has 1 aliphatic heterocycles. The molecule has 2 aromatic carbocycles. The predicted molar refractivity (Wildman–Crippen MR) is 119 cm³/mol. The average molecular weight is 450 g/mol. The van der Waals surface area contributed by atoms with E-state index in [9.17, 15) is 18.0 Å². The monoisotopic (exact) mass is 449 g/mol. The molecule has 0 atom stereocenters. The van der Waals surface area contributed by atoms with Gasteiger partial charge < -0.3 is 19.9 Å². The van der Waals surface area contributed by atoms with Crippen LogP contribution in [0.25, 0.3) is 0 Å². The number of nitrogens with one attached hydrogen (secondary N) is 1. The van der Waals surface area contributed by atoms with Crippen LogP contribution in [0.3, 0.4) is 0 Å². The van der Waals surface area contributed by atoms with Crippen molar-refractivity contribution >= 4 is 11.7 Å². The van der Waals surface area contributed by atoms with Gasteiger partial charge in [0, 0.05) is 31.9 Å². The van der Waals surface area contributed by atoms with Crippen LogP contribution in [0.4, 0.5) is 23.7 Å². The van der Waals surface area contributed by atoms with Gasteiger partial charge in [0.25, 0.3) is 0 Å². The Morgan fingerprint density at radius 2 is 1.72 bits per heavy atom. The minimum atomic E-state index is -4.36. The summed E-state index contributed by atoms with van der Waals surface area (Å²) in [5, 5.41) is 2.95. The molecule has 0 radical (unpaired) electrons. The second-order valence-corrected chi connectivity index (χ2v) is 8.10. The lowest BCUT2D eigenvalue weighted by molar-refractivity contribution is -0.137. The van der Waals surface area contributed by atoms with Gasteiger partial charge in [-0.25, -0.2) is 4.79 Å². The Hall–Kier alpha value is -2.74. The second-order valence-electron chi connectivity index (χ2n) is 8.10. The van der Waals surface area contributed by atoms with Gasteiger partial charge in [0.15, 0.2) is 0 Å². The summed E-state index contributed by atoms with van der Waals surface area (Å²) in [6.45, 7) is 3.63. The Bertz CT molecular complexity index is 864. The smallest absolute Gasteiger partial charge is 0.416 e. The lowest BCUT2D eigenvalue weighted by Gasteiger charge is -2.32. The fourth-order valence-corrected chi connectivity index (χ4v) is 3.53. The Labute approximate surface area is 187 Å². The number of unbranched alkanes of at least 4 members (excludes halogenated alkanes) is 2. The summed E-state index contributed by atoms with van der Waals surface area (Å²) in [5.74, 6) is 0.244. The van der Waals surface area contributed by atoms with Gasteiger partial charge >= 0.3 is 12.2 Å². The molecule has 1 aliphatic rings. The molecule has 0 saturated carbocycles. The number of benzene rings is 2. The number of carbonyl (C=O) groups excluding carboxylic acids is 1. The van der Waals surface area contributed by atoms with Gasteiger partial charge in [0.05, 0.1) is 12.2 Å². The minimum Gasteiger partial charge on any atom is -0.494 e. The number of aryl methyl sites for hydroxylation is 1. The molecular weight excluding hydrogens is 419 g/mol. The lowest BCUT2D eigenvalue weighted by atomic mass is 10.1. The Morgan fingerprint density at radius 1 is 1.00 bits per heavy atom. The van der Waals surface area contributed by atoms with E-state index in [1.165, 1.54) is 11.6 Å². The normalized spacial score (nSPS) is 14.9. The summed E-state index contributed by atoms with van der Waals surface area (Å²) >= 11 is 0. The third kappa shape index (κ3) is 7.44. The first-order valence-electron chi connectivity index (χ1n) is 10.9. The van der Waals surface area contributed by atoms with Crippen LogP contribution in [0.15, 0.2) is 48.5 Å². The number of rotatable bonds is 8. The number of halogens is 3. The molecule has 2 aromatic rings. The second kappa shape index (κ2) is 11.2. The molecule has 1 heterocycles. The first-order chi connectivity index (χ1) is 15.3. The van der Waals surface area contributed by atoms with Crippen molar-refractivity contribution in [1.82, 2.24) is 9.80 Å². The maximum atomic E-state index is 12.7. The van der Waals surface area contributed by atoms with E-state index in [1.54, 1.807) is 6.07 Å². The first-order valence-corrected chi connectivity index (χ1v) is 10.9. The number of hydrogen-bond acceptors (Lipinski definition) is 3. The zero-order valence-electron chi connectivity index (χ0n) is 18.3. The minimum absolute atomic E-state index is 0.0633. The van der Waals surface area contributed by atoms with Gasteiger partial charge in [-0.3, -0.25) is 0 Å². The predicted octanol–water partition coefficient (Wildman–Crippen LogP) is 5.28. The summed E-state index contributed by atoms with van der Waals surface area (Å²) in [7, 11) is 2.05. The van der Waals surface area contributed by atoms with Crippen LogP contribution in [0, 0.1) is 0 Å². The van der Waals surface area contributed by atoms with Gasteiger partial charge in [-0.15, -0.1) is 0 Å². The molecule has 0 unspecified atom stereocenters. The van der Waals surface area contributed by atoms with Crippen molar-refractivity contribution in [1.29, 1.82) is 0 Å². The number of carbonyl (C=O) groups is 1. The molecule has 174 valence electrons. The highest BCUT2D eigenvalue weighted by Gasteiger charge is 2.30. The number of anilines is 1. The van der Waals surface area contributed by atoms with Crippen molar-refractivity contribution < 1.29 is 22.7 Å². The van der Waals surface area contributed by atoms with E-state index in [0.29, 0.717) is 6.61 Å². The molecule has 0 aromatic heterocycles. The molecule has 1 fully saturated rings. The van der Waals surface area contributed by atoms with Crippen LogP contribution >= 0.6 is 0 Å². The Balaban J connectivity index is 1.32. The molecule has 0 aliphatic carbocycles. The first kappa shape index (κ1) is 23.9. The van der Waals surface area contributed by atoms with Crippen molar-refractivity contribution in [2.45, 2.75) is 31.9 Å². The highest BCUT2D eigenvalue weighted by molar-refractivity contribution is 5.89. The van der Waals surface area contributed by atoms with E-state index in [-0.39, 0.29) is 11.8 Å². The van der Waals surface area contributed by atoms with E-state index in [2.05, 4.69) is 17.3 Å². The third-order valence-electron chi connectivity index (χ3n) is 5.54. The molecular formula is C24H30F3N3O2. The number of piperazine rings is 1. The van der Waals surface area contributed by atoms with E-state index in [1.807, 2.05) is 29.2 Å². The van der Waals surface area contributed by atoms with Crippen LogP contribution in [0.1, 0.15) is 30.4 Å². The molecule has 1 saturated heterocycles. The molecule has 3 rings (SSSR count). The SMILES string of the molecule is CN1CCN(C(=O)Nc2ccc(CCCCCOc3cccc(C(F)(F)F)c3)cc2)CC1. The van der Waals surface area contributed by atoms with E-state index in [0.717, 1.165) is 69.7 Å². The standard InChI is InChI=1S/C24H30F3N3O2/c1-29-13-15-30(16-14-29)23(31)28-21-11-9-19(10-12-21)6-3-2-4-17-32-22-8-5-7-20(18-22)24(25,26)27/h5,7-12,18H,2-4,6,13-17H2,1H3,(H,28,31). The molecule has 32 heavy (non-hydrogen) atoms. The summed E-state index contributed by atoms with van der Waals surface area (Å²) in [6.07, 6.45) is -0.812. The number of hydrogen-bond donors (Lipinski definition) is 1. The number of ether oxygens (including phenoxy) is 1. The van der Waals surface area contributed by atoms with Gasteiger partial charge in [0.2, 0.25) is 0 Å². The molecule has 2 amide bonds. The highest BCUT2D eigenvalue weighted by atomic mass is 19.4. The van der Waals surface area contributed by atoms with Crippen LogP contribution in [0.5, 0.6) is 5.75 Å². The van der Waals surface area contributed by atoms with Crippen molar-refractivity contribution in [3.8, 4) is 5.75 Å². The van der Waals surface area contributed by atoms with Crippen molar-refractivity contribution in [3.05, 3.63) is 59.7 Å². The zero-order valence-corrected chi connectivity index (χ0v) is 18.3. The number of likely N-dealkylation sites (N-methyl/N-ethyl adjacent to an activating group) is 1. The molecule has 0 bridgehead atoms. The van der Waals surface area contributed by atoms with E-state index < -0.39 is 11.7 Å². The average Bonchev–Trinajstić information content (AvgIpc) is 2.77. The van der Waals surface area contributed by atoms with Gasteiger partial charge in [-0.2, -0.15) is 13.2 Å². The summed E-state index contributed by atoms with van der Waals surface area (Å²) < 4.78 is 43.6. The van der Waals surface area contributed by atoms with Gasteiger partial charge in [-0.05, 0) is 68.6 Å². The maximum absolute atomic E-state index is 12.7. The van der Waals surface area contributed by atoms with Crippen LogP contribution < -0.4 is 10.1 Å². The third-order valence-corrected chi connectivity index (χ3v) is 5.54. The molecule has 5 nitrogen and oxygen atoms in total. The van der Waals surface area contributed by atoms with Crippen molar-refractivity contribution in [2.24, 2.45) is 0 Å². The van der Waals surface area contributed by atoms with Gasteiger partial charge in [0.1, 0.15) is 5.75 Å². The number of alkyl halides is 3. The molecule has 0 spiro atoms. The Morgan fingerprint density at radius 3 is 2.41 bits per heavy atom. The van der Waals surface area contributed by atoms with Gasteiger partial charge in [-0.1, -0.05) is 18.2 Å². The summed E-state index contributed by atoms with van der Waals surface area (Å²) in [5.41, 5.74) is 1.27. The fourth-order valence-electron chi connectivity index (χ4n) is 3.53. The van der Waals surface area contributed by atoms with Crippen molar-refractivity contribution in [3.63, 3.8) is 0 Å². The van der Waals surface area contributed by atoms with E-state index >= 15 is 0 Å². The molecule has 8 heteroatoms. The number of urea groups is 1. The van der Waals surface area contributed by atoms with Crippen LogP contribution in [-0.2, 0) is 12.6 Å². The highest BCUT2D eigenvalue weighted by Crippen LogP contribution is 2.31. The Kier molecular flexibility index (Phi) is 8.39. The largest absolute Gasteiger partial charge is 0.494 e. The summed E-state index contributed by atoms with van der Waals surface area (Å²) in [4.78, 5) is 16.4. The number of nitrogens with zero attached hydrogens (tertiary/aromatic N) is 2. The quantitative estimate of drug-likeness (QED) is 0.558.